The van der Waals surface area contributed by atoms with E-state index in [-0.39, 0.29) is 17.7 Å². The normalized spacial score (nSPS) is 10.8. The summed E-state index contributed by atoms with van der Waals surface area (Å²) in [6.45, 7) is 5.13. The van der Waals surface area contributed by atoms with Gasteiger partial charge in [0.2, 0.25) is 17.7 Å². The Balaban J connectivity index is 4.72. The summed E-state index contributed by atoms with van der Waals surface area (Å²) in [6.07, 6.45) is 0.899. The van der Waals surface area contributed by atoms with E-state index in [1.165, 1.54) is 0 Å². The van der Waals surface area contributed by atoms with E-state index in [0.717, 1.165) is 0 Å². The maximum absolute atomic E-state index is 11.4. The average Bonchev–Trinajstić information content (AvgIpc) is 2.27. The van der Waals surface area contributed by atoms with Gasteiger partial charge in [0, 0.05) is 19.3 Å². The van der Waals surface area contributed by atoms with E-state index in [2.05, 4.69) is 16.0 Å². The van der Waals surface area contributed by atoms with Crippen LogP contribution in [0.4, 0.5) is 0 Å². The zero-order valence-electron chi connectivity index (χ0n) is 10.8. The molecular weight excluding hydrogens is 238 g/mol. The van der Waals surface area contributed by atoms with E-state index >= 15 is 0 Å². The highest BCUT2D eigenvalue weighted by atomic mass is 28.1. The second-order valence-corrected chi connectivity index (χ2v) is 5.33. The van der Waals surface area contributed by atoms with E-state index in [1.807, 2.05) is 0 Å². The topological polar surface area (TPSA) is 87.3 Å². The van der Waals surface area contributed by atoms with Crippen molar-refractivity contribution >= 4 is 28.0 Å². The third kappa shape index (κ3) is 6.05. The van der Waals surface area contributed by atoms with E-state index in [0.29, 0.717) is 29.5 Å². The van der Waals surface area contributed by atoms with Gasteiger partial charge in [-0.3, -0.25) is 14.4 Å². The Morgan fingerprint density at radius 3 is 1.24 bits per heavy atom. The monoisotopic (exact) mass is 259 g/mol. The second-order valence-electron chi connectivity index (χ2n) is 3.83. The van der Waals surface area contributed by atoms with Gasteiger partial charge >= 0.3 is 0 Å². The molecule has 0 aromatic rings. The molecule has 0 spiro atoms. The summed E-state index contributed by atoms with van der Waals surface area (Å²) in [5.74, 6) is -0.645. The predicted molar refractivity (Wildman–Crippen MR) is 68.0 cm³/mol. The van der Waals surface area contributed by atoms with Crippen molar-refractivity contribution in [2.45, 2.75) is 45.4 Å². The van der Waals surface area contributed by atoms with E-state index in [1.54, 1.807) is 20.8 Å². The van der Waals surface area contributed by atoms with Gasteiger partial charge in [-0.2, -0.15) is 0 Å². The first-order chi connectivity index (χ1) is 7.86. The molecule has 0 aromatic carbocycles. The molecule has 0 aliphatic carbocycles. The van der Waals surface area contributed by atoms with Crippen LogP contribution in [-0.2, 0) is 14.4 Å². The van der Waals surface area contributed by atoms with Crippen LogP contribution in [0.3, 0.4) is 0 Å². The van der Waals surface area contributed by atoms with Crippen molar-refractivity contribution < 1.29 is 14.4 Å². The van der Waals surface area contributed by atoms with Crippen LogP contribution in [0.2, 0.25) is 0 Å². The van der Waals surface area contributed by atoms with Crippen LogP contribution < -0.4 is 16.0 Å². The molecule has 0 saturated carbocycles. The fraction of sp³-hybridized carbons (Fsp3) is 0.700. The Morgan fingerprint density at radius 1 is 0.824 bits per heavy atom. The minimum Gasteiger partial charge on any atom is -0.321 e. The molecule has 3 amide bonds. The van der Waals surface area contributed by atoms with Crippen LogP contribution in [-0.4, -0.2) is 33.4 Å². The van der Waals surface area contributed by atoms with Crippen molar-refractivity contribution in [1.29, 1.82) is 0 Å². The SMILES string of the molecule is CCC(=O)NC([SiH3])(NC(=O)CC)NC(=O)CC. The van der Waals surface area contributed by atoms with Crippen molar-refractivity contribution in [3.05, 3.63) is 0 Å². The number of nitrogens with one attached hydrogen (secondary N) is 3. The fourth-order valence-electron chi connectivity index (χ4n) is 1.20. The van der Waals surface area contributed by atoms with Crippen LogP contribution in [0.5, 0.6) is 0 Å². The van der Waals surface area contributed by atoms with Crippen LogP contribution in [0, 0.1) is 0 Å². The minimum absolute atomic E-state index is 0.215. The zero-order valence-corrected chi connectivity index (χ0v) is 12.8. The lowest BCUT2D eigenvalue weighted by atomic mass is 10.4. The summed E-state index contributed by atoms with van der Waals surface area (Å²) in [6, 6.07) is 0. The molecule has 17 heavy (non-hydrogen) atoms. The largest absolute Gasteiger partial charge is 0.321 e. The standard InChI is InChI=1S/C10H21N3O3Si/c1-4-7(14)11-10(17,12-8(15)5-2)13-9(16)6-3/h4-6H2,1-3,17H3,(H,11,14)(H,12,15)(H,13,16). The fourth-order valence-corrected chi connectivity index (χ4v) is 2.03. The molecule has 0 atom stereocenters. The highest BCUT2D eigenvalue weighted by molar-refractivity contribution is 6.18. The summed E-state index contributed by atoms with van der Waals surface area (Å²) >= 11 is 0. The van der Waals surface area contributed by atoms with Crippen molar-refractivity contribution in [3.8, 4) is 0 Å². The summed E-state index contributed by atoms with van der Waals surface area (Å²) in [5, 5.41) is 7.90. The molecule has 0 rings (SSSR count). The summed E-state index contributed by atoms with van der Waals surface area (Å²) in [7, 11) is 0.380. The first-order valence-electron chi connectivity index (χ1n) is 5.79. The van der Waals surface area contributed by atoms with Gasteiger partial charge in [-0.15, -0.1) is 0 Å². The first-order valence-corrected chi connectivity index (χ1v) is 6.79. The van der Waals surface area contributed by atoms with Crippen LogP contribution in [0.25, 0.3) is 0 Å². The Labute approximate surface area is 104 Å². The average molecular weight is 259 g/mol. The summed E-state index contributed by atoms with van der Waals surface area (Å²) in [4.78, 5) is 34.1. The molecular formula is C10H21N3O3Si. The number of carbonyl (C=O) groups excluding carboxylic acids is 3. The lowest BCUT2D eigenvalue weighted by Gasteiger charge is -2.33. The zero-order chi connectivity index (χ0) is 13.5. The molecule has 0 unspecified atom stereocenters. The van der Waals surface area contributed by atoms with Gasteiger partial charge in [0.15, 0.2) is 5.41 Å². The van der Waals surface area contributed by atoms with Gasteiger partial charge in [0.05, 0.1) is 10.2 Å². The molecule has 0 aliphatic rings. The quantitative estimate of drug-likeness (QED) is 0.402. The molecule has 6 nitrogen and oxygen atoms in total. The molecule has 7 heteroatoms. The van der Waals surface area contributed by atoms with Crippen molar-refractivity contribution in [1.82, 2.24) is 16.0 Å². The van der Waals surface area contributed by atoms with E-state index in [9.17, 15) is 14.4 Å². The molecule has 0 heterocycles. The van der Waals surface area contributed by atoms with Gasteiger partial charge in [-0.1, -0.05) is 20.8 Å². The summed E-state index contributed by atoms with van der Waals surface area (Å²) in [5.41, 5.74) is -1.09. The van der Waals surface area contributed by atoms with Gasteiger partial charge < -0.3 is 16.0 Å². The van der Waals surface area contributed by atoms with Gasteiger partial charge in [-0.25, -0.2) is 0 Å². The predicted octanol–water partition coefficient (Wildman–Crippen LogP) is -1.46. The number of carbonyl (C=O) groups is 3. The number of hydrogen-bond acceptors (Lipinski definition) is 3. The third-order valence-corrected chi connectivity index (χ3v) is 2.88. The molecule has 3 N–H and O–H groups in total. The van der Waals surface area contributed by atoms with Crippen molar-refractivity contribution in [2.24, 2.45) is 0 Å². The number of rotatable bonds is 6. The third-order valence-electron chi connectivity index (χ3n) is 2.13. The molecule has 98 valence electrons. The maximum atomic E-state index is 11.4. The van der Waals surface area contributed by atoms with Gasteiger partial charge in [-0.05, 0) is 0 Å². The molecule has 0 fully saturated rings. The highest BCUT2D eigenvalue weighted by Crippen LogP contribution is 1.94. The molecule has 0 saturated heterocycles. The lowest BCUT2D eigenvalue weighted by molar-refractivity contribution is -0.128. The van der Waals surface area contributed by atoms with Crippen LogP contribution >= 0.6 is 0 Å². The molecule has 0 aliphatic heterocycles. The minimum atomic E-state index is -1.09. The Bertz CT molecular complexity index is 262. The number of hydrogen-bond donors (Lipinski definition) is 3. The first kappa shape index (κ1) is 15.6. The second kappa shape index (κ2) is 7.05. The van der Waals surface area contributed by atoms with Crippen LogP contribution in [0.15, 0.2) is 0 Å². The Kier molecular flexibility index (Phi) is 6.48. The Hall–Kier alpha value is -1.37. The van der Waals surface area contributed by atoms with Gasteiger partial charge in [0.1, 0.15) is 0 Å². The maximum Gasteiger partial charge on any atom is 0.222 e. The molecule has 0 bridgehead atoms. The van der Waals surface area contributed by atoms with E-state index < -0.39 is 5.41 Å². The highest BCUT2D eigenvalue weighted by Gasteiger charge is 2.28. The Morgan fingerprint density at radius 2 is 1.06 bits per heavy atom. The van der Waals surface area contributed by atoms with Gasteiger partial charge in [0.25, 0.3) is 0 Å². The lowest BCUT2D eigenvalue weighted by Crippen LogP contribution is -2.70. The van der Waals surface area contributed by atoms with E-state index in [4.69, 9.17) is 0 Å². The smallest absolute Gasteiger partial charge is 0.222 e. The molecule has 0 aromatic heterocycles. The molecule has 0 radical (unpaired) electrons. The van der Waals surface area contributed by atoms with Crippen LogP contribution in [0.1, 0.15) is 40.0 Å². The number of amides is 3. The van der Waals surface area contributed by atoms with Crippen molar-refractivity contribution in [2.75, 3.05) is 0 Å². The van der Waals surface area contributed by atoms with Crippen molar-refractivity contribution in [3.63, 3.8) is 0 Å². The summed E-state index contributed by atoms with van der Waals surface area (Å²) < 4.78 is 0.